The predicted octanol–water partition coefficient (Wildman–Crippen LogP) is 3.22. The van der Waals surface area contributed by atoms with Crippen molar-refractivity contribution in [1.29, 1.82) is 0 Å². The summed E-state index contributed by atoms with van der Waals surface area (Å²) in [6.07, 6.45) is 0.514. The highest BCUT2D eigenvalue weighted by Crippen LogP contribution is 2.47. The van der Waals surface area contributed by atoms with Gasteiger partial charge in [0.05, 0.1) is 13.0 Å². The second-order valence-electron chi connectivity index (χ2n) is 8.40. The van der Waals surface area contributed by atoms with E-state index in [0.717, 1.165) is 22.3 Å². The first kappa shape index (κ1) is 20.8. The van der Waals surface area contributed by atoms with Crippen molar-refractivity contribution < 1.29 is 23.9 Å². The van der Waals surface area contributed by atoms with Crippen LogP contribution in [0.15, 0.2) is 12.1 Å². The number of nitrogens with zero attached hydrogens (tertiary/aromatic N) is 1. The third kappa shape index (κ3) is 3.67. The molecule has 3 rings (SSSR count). The summed E-state index contributed by atoms with van der Waals surface area (Å²) in [7, 11) is 1.64. The Labute approximate surface area is 167 Å². The van der Waals surface area contributed by atoms with E-state index >= 15 is 0 Å². The highest BCUT2D eigenvalue weighted by molar-refractivity contribution is 5.84. The van der Waals surface area contributed by atoms with Crippen molar-refractivity contribution in [1.82, 2.24) is 5.06 Å². The van der Waals surface area contributed by atoms with Crippen LogP contribution in [0.3, 0.4) is 0 Å². The van der Waals surface area contributed by atoms with Crippen molar-refractivity contribution in [2.75, 3.05) is 20.2 Å². The normalized spacial score (nSPS) is 24.6. The van der Waals surface area contributed by atoms with Gasteiger partial charge in [0, 0.05) is 25.9 Å². The number of rotatable bonds is 4. The highest BCUT2D eigenvalue weighted by atomic mass is 16.7. The Morgan fingerprint density at radius 2 is 1.75 bits per heavy atom. The number of ether oxygens (including phenoxy) is 2. The van der Waals surface area contributed by atoms with Gasteiger partial charge in [-0.05, 0) is 37.5 Å². The van der Waals surface area contributed by atoms with Gasteiger partial charge >= 0.3 is 11.9 Å². The van der Waals surface area contributed by atoms with Crippen LogP contribution in [0.25, 0.3) is 0 Å². The number of carbonyl (C=O) groups is 2. The van der Waals surface area contributed by atoms with E-state index in [9.17, 15) is 9.59 Å². The molecule has 0 amide bonds. The summed E-state index contributed by atoms with van der Waals surface area (Å²) in [5, 5.41) is 1.84. The smallest absolute Gasteiger partial charge is 0.318 e. The maximum atomic E-state index is 13.1. The minimum absolute atomic E-state index is 0.271. The Kier molecular flexibility index (Phi) is 5.82. The van der Waals surface area contributed by atoms with Crippen molar-refractivity contribution in [3.63, 3.8) is 0 Å². The molecule has 2 heterocycles. The maximum Gasteiger partial charge on any atom is 0.318 e. The molecule has 2 atom stereocenters. The van der Waals surface area contributed by atoms with Crippen molar-refractivity contribution in [2.45, 2.75) is 65.1 Å². The van der Waals surface area contributed by atoms with Gasteiger partial charge in [0.15, 0.2) is 11.7 Å². The van der Waals surface area contributed by atoms with E-state index in [1.165, 1.54) is 0 Å². The molecule has 2 aliphatic heterocycles. The number of esters is 2. The van der Waals surface area contributed by atoms with E-state index in [1.54, 1.807) is 21.0 Å². The molecule has 6 nitrogen and oxygen atoms in total. The number of benzene rings is 1. The number of aryl methyl sites for hydroxylation is 3. The summed E-state index contributed by atoms with van der Waals surface area (Å²) in [6.45, 7) is 10.9. The summed E-state index contributed by atoms with van der Waals surface area (Å²) in [6, 6.07) is 4.13. The number of hydrogen-bond acceptors (Lipinski definition) is 6. The lowest BCUT2D eigenvalue weighted by Gasteiger charge is -2.40. The summed E-state index contributed by atoms with van der Waals surface area (Å²) >= 11 is 0. The molecule has 0 N–H and O–H groups in total. The lowest BCUT2D eigenvalue weighted by molar-refractivity contribution is -0.200. The Bertz CT molecular complexity index is 741. The van der Waals surface area contributed by atoms with Crippen LogP contribution in [0, 0.1) is 26.7 Å². The molecule has 1 spiro atoms. The van der Waals surface area contributed by atoms with Crippen LogP contribution < -0.4 is 0 Å². The van der Waals surface area contributed by atoms with Gasteiger partial charge in [-0.25, -0.2) is 0 Å². The Balaban J connectivity index is 2.03. The van der Waals surface area contributed by atoms with Crippen LogP contribution >= 0.6 is 0 Å². The monoisotopic (exact) mass is 389 g/mol. The molecule has 6 heteroatoms. The third-order valence-electron chi connectivity index (χ3n) is 5.97. The first-order valence-electron chi connectivity index (χ1n) is 9.98. The fraction of sp³-hybridized carbons (Fsp3) is 0.636. The predicted molar refractivity (Wildman–Crippen MR) is 105 cm³/mol. The molecular formula is C22H31NO5. The summed E-state index contributed by atoms with van der Waals surface area (Å²) in [4.78, 5) is 30.9. The van der Waals surface area contributed by atoms with Gasteiger partial charge in [-0.15, -0.1) is 0 Å². The zero-order valence-electron chi connectivity index (χ0n) is 17.7. The van der Waals surface area contributed by atoms with Crippen LogP contribution in [0.1, 0.15) is 54.9 Å². The van der Waals surface area contributed by atoms with E-state index in [1.807, 2.05) is 25.8 Å². The molecule has 28 heavy (non-hydrogen) atoms. The molecule has 0 saturated carbocycles. The first-order chi connectivity index (χ1) is 13.2. The molecule has 0 bridgehead atoms. The first-order valence-corrected chi connectivity index (χ1v) is 9.98. The largest absolute Gasteiger partial charge is 0.457 e. The van der Waals surface area contributed by atoms with Gasteiger partial charge in [0.1, 0.15) is 5.92 Å². The van der Waals surface area contributed by atoms with E-state index in [2.05, 4.69) is 12.1 Å². The summed E-state index contributed by atoms with van der Waals surface area (Å²) in [5.41, 5.74) is 3.31. The topological polar surface area (TPSA) is 65.1 Å². The number of carbonyl (C=O) groups excluding carboxylic acids is 2. The average Bonchev–Trinajstić information content (AvgIpc) is 2.87. The number of hydroxylamine groups is 2. The molecule has 154 valence electrons. The van der Waals surface area contributed by atoms with E-state index < -0.39 is 17.6 Å². The molecule has 0 aliphatic carbocycles. The van der Waals surface area contributed by atoms with E-state index in [0.29, 0.717) is 25.9 Å². The maximum absolute atomic E-state index is 13.1. The minimum Gasteiger partial charge on any atom is -0.457 e. The number of piperidine rings is 1. The van der Waals surface area contributed by atoms with Gasteiger partial charge in [-0.1, -0.05) is 31.5 Å². The SMILES string of the molecule is CON1CCC2(CC1)OC(=O)C(c1c(C)cc(C)cc1C)C2OC(=O)C(C)C. The summed E-state index contributed by atoms with van der Waals surface area (Å²) < 4.78 is 12.0. The number of hydrogen-bond donors (Lipinski definition) is 0. The fourth-order valence-corrected chi connectivity index (χ4v) is 4.57. The van der Waals surface area contributed by atoms with Gasteiger partial charge < -0.3 is 14.3 Å². The van der Waals surface area contributed by atoms with Crippen molar-refractivity contribution >= 4 is 11.9 Å². The third-order valence-corrected chi connectivity index (χ3v) is 5.97. The Hall–Kier alpha value is -1.92. The Morgan fingerprint density at radius 1 is 1.18 bits per heavy atom. The fourth-order valence-electron chi connectivity index (χ4n) is 4.57. The molecule has 2 aliphatic rings. The van der Waals surface area contributed by atoms with Crippen LogP contribution in [0.5, 0.6) is 0 Å². The summed E-state index contributed by atoms with van der Waals surface area (Å²) in [5.74, 6) is -1.48. The molecule has 0 aromatic heterocycles. The van der Waals surface area contributed by atoms with Crippen molar-refractivity contribution in [3.05, 3.63) is 34.4 Å². The quantitative estimate of drug-likeness (QED) is 0.737. The van der Waals surface area contributed by atoms with Crippen LogP contribution in [-0.4, -0.2) is 48.9 Å². The molecule has 0 radical (unpaired) electrons. The second kappa shape index (κ2) is 7.84. The van der Waals surface area contributed by atoms with Gasteiger partial charge in [-0.3, -0.25) is 9.59 Å². The van der Waals surface area contributed by atoms with Crippen LogP contribution in [0.2, 0.25) is 0 Å². The zero-order chi connectivity index (χ0) is 20.6. The van der Waals surface area contributed by atoms with Gasteiger partial charge in [0.25, 0.3) is 0 Å². The lowest BCUT2D eigenvalue weighted by Crippen LogP contribution is -2.52. The van der Waals surface area contributed by atoms with E-state index in [4.69, 9.17) is 14.3 Å². The molecule has 2 saturated heterocycles. The molecular weight excluding hydrogens is 358 g/mol. The minimum atomic E-state index is -0.800. The molecule has 1 aromatic rings. The second-order valence-corrected chi connectivity index (χ2v) is 8.40. The van der Waals surface area contributed by atoms with Gasteiger partial charge in [-0.2, -0.15) is 5.06 Å². The van der Waals surface area contributed by atoms with Gasteiger partial charge in [0.2, 0.25) is 0 Å². The molecule has 1 aromatic carbocycles. The van der Waals surface area contributed by atoms with E-state index in [-0.39, 0.29) is 17.9 Å². The van der Waals surface area contributed by atoms with Crippen molar-refractivity contribution in [3.8, 4) is 0 Å². The average molecular weight is 389 g/mol. The van der Waals surface area contributed by atoms with Crippen LogP contribution in [-0.2, 0) is 23.9 Å². The Morgan fingerprint density at radius 3 is 2.25 bits per heavy atom. The zero-order valence-corrected chi connectivity index (χ0v) is 17.7. The standard InChI is InChI=1S/C22H31NO5/c1-13(2)20(24)27-19-18(17-15(4)11-14(3)12-16(17)5)21(25)28-22(19)7-9-23(26-6)10-8-22/h11-13,18-19H,7-10H2,1-6H3. The van der Waals surface area contributed by atoms with Crippen LogP contribution in [0.4, 0.5) is 0 Å². The molecule has 2 fully saturated rings. The molecule has 2 unspecified atom stereocenters. The van der Waals surface area contributed by atoms with Crippen molar-refractivity contribution in [2.24, 2.45) is 5.92 Å². The lowest BCUT2D eigenvalue weighted by atomic mass is 9.78. The highest BCUT2D eigenvalue weighted by Gasteiger charge is 2.60.